The van der Waals surface area contributed by atoms with Crippen LogP contribution in [-0.2, 0) is 32.5 Å². The lowest BCUT2D eigenvalue weighted by Crippen LogP contribution is -2.41. The van der Waals surface area contributed by atoms with Gasteiger partial charge in [0.2, 0.25) is 5.88 Å². The Bertz CT molecular complexity index is 667. The van der Waals surface area contributed by atoms with Crippen LogP contribution in [0.2, 0.25) is 0 Å². The van der Waals surface area contributed by atoms with Crippen molar-refractivity contribution < 1.29 is 28.2 Å². The molecule has 9 heteroatoms. The zero-order valence-electron chi connectivity index (χ0n) is 14.3. The smallest absolute Gasteiger partial charge is 0.350 e. The fraction of sp³-hybridized carbons (Fsp3) is 0.600. The maximum atomic E-state index is 15.2. The van der Waals surface area contributed by atoms with Crippen LogP contribution >= 0.6 is 0 Å². The van der Waals surface area contributed by atoms with E-state index in [1.54, 1.807) is 6.92 Å². The lowest BCUT2D eigenvalue weighted by atomic mass is 9.98. The van der Waals surface area contributed by atoms with Gasteiger partial charge in [-0.3, -0.25) is 14.2 Å². The Labute approximate surface area is 138 Å². The molecule has 1 rings (SSSR count). The van der Waals surface area contributed by atoms with Gasteiger partial charge < -0.3 is 14.2 Å². The molecule has 134 valence electrons. The maximum Gasteiger partial charge on any atom is 0.350 e. The quantitative estimate of drug-likeness (QED) is 0.664. The lowest BCUT2D eigenvalue weighted by molar-refractivity contribution is -0.153. The highest BCUT2D eigenvalue weighted by atomic mass is 19.1. The van der Waals surface area contributed by atoms with Gasteiger partial charge in [-0.2, -0.15) is 4.98 Å². The van der Waals surface area contributed by atoms with E-state index >= 15 is 4.39 Å². The van der Waals surface area contributed by atoms with Gasteiger partial charge in [-0.15, -0.1) is 0 Å². The van der Waals surface area contributed by atoms with Crippen molar-refractivity contribution in [1.82, 2.24) is 9.55 Å². The molecule has 0 saturated heterocycles. The second-order valence-electron chi connectivity index (χ2n) is 5.42. The van der Waals surface area contributed by atoms with Crippen molar-refractivity contribution in [1.29, 1.82) is 0 Å². The van der Waals surface area contributed by atoms with Gasteiger partial charge in [0.15, 0.2) is 5.67 Å². The van der Waals surface area contributed by atoms with E-state index in [-0.39, 0.29) is 12.3 Å². The van der Waals surface area contributed by atoms with Crippen LogP contribution in [0.1, 0.15) is 25.1 Å². The predicted molar refractivity (Wildman–Crippen MR) is 81.6 cm³/mol. The number of esters is 2. The summed E-state index contributed by atoms with van der Waals surface area (Å²) in [6.07, 6.45) is -0.329. The summed E-state index contributed by atoms with van der Waals surface area (Å²) in [5.74, 6) is -1.26. The standard InChI is InChI=1S/C15H21FN2O6/c1-9-12(18(4)14(21)17-13(9)22-5)6-15(16,7-23-10(2)19)8-24-11(3)20/h6-8H2,1-5H3. The first-order chi connectivity index (χ1) is 11.1. The van der Waals surface area contributed by atoms with Crippen LogP contribution in [0.3, 0.4) is 0 Å². The molecule has 0 aliphatic rings. The molecule has 0 aliphatic heterocycles. The fourth-order valence-corrected chi connectivity index (χ4v) is 2.09. The molecule has 0 bridgehead atoms. The molecule has 0 radical (unpaired) electrons. The van der Waals surface area contributed by atoms with Crippen LogP contribution in [0.15, 0.2) is 4.79 Å². The normalized spacial score (nSPS) is 11.1. The van der Waals surface area contributed by atoms with Crippen LogP contribution in [0, 0.1) is 6.92 Å². The minimum atomic E-state index is -2.20. The third-order valence-corrected chi connectivity index (χ3v) is 3.39. The van der Waals surface area contributed by atoms with Crippen LogP contribution in [0.5, 0.6) is 5.88 Å². The van der Waals surface area contributed by atoms with Crippen LogP contribution < -0.4 is 10.4 Å². The first-order valence-corrected chi connectivity index (χ1v) is 7.16. The van der Waals surface area contributed by atoms with E-state index in [1.165, 1.54) is 18.7 Å². The zero-order chi connectivity index (χ0) is 18.5. The number of nitrogens with zero attached hydrogens (tertiary/aromatic N) is 2. The topological polar surface area (TPSA) is 96.7 Å². The summed E-state index contributed by atoms with van der Waals surface area (Å²) < 4.78 is 30.9. The molecular formula is C15H21FN2O6. The monoisotopic (exact) mass is 344 g/mol. The average Bonchev–Trinajstić information content (AvgIpc) is 2.51. The van der Waals surface area contributed by atoms with Crippen LogP contribution in [0.4, 0.5) is 4.39 Å². The molecule has 1 heterocycles. The third kappa shape index (κ3) is 5.04. The van der Waals surface area contributed by atoms with Gasteiger partial charge in [0.25, 0.3) is 0 Å². The van der Waals surface area contributed by atoms with Crippen molar-refractivity contribution >= 4 is 11.9 Å². The van der Waals surface area contributed by atoms with Crippen molar-refractivity contribution in [3.05, 3.63) is 21.7 Å². The Morgan fingerprint density at radius 2 is 1.71 bits per heavy atom. The fourth-order valence-electron chi connectivity index (χ4n) is 2.09. The van der Waals surface area contributed by atoms with Crippen molar-refractivity contribution in [3.8, 4) is 5.88 Å². The molecule has 8 nitrogen and oxygen atoms in total. The lowest BCUT2D eigenvalue weighted by Gasteiger charge is -2.26. The molecule has 0 saturated carbocycles. The van der Waals surface area contributed by atoms with Gasteiger partial charge in [-0.25, -0.2) is 9.18 Å². The molecule has 0 fully saturated rings. The highest BCUT2D eigenvalue weighted by Gasteiger charge is 2.35. The van der Waals surface area contributed by atoms with Gasteiger partial charge in [0.05, 0.1) is 7.11 Å². The van der Waals surface area contributed by atoms with Gasteiger partial charge in [0.1, 0.15) is 13.2 Å². The average molecular weight is 344 g/mol. The molecule has 0 spiro atoms. The van der Waals surface area contributed by atoms with Gasteiger partial charge in [-0.1, -0.05) is 0 Å². The summed E-state index contributed by atoms with van der Waals surface area (Å²) >= 11 is 0. The number of carbonyl (C=O) groups is 2. The highest BCUT2D eigenvalue weighted by Crippen LogP contribution is 2.24. The zero-order valence-corrected chi connectivity index (χ0v) is 14.3. The Hall–Kier alpha value is -2.45. The molecule has 24 heavy (non-hydrogen) atoms. The van der Waals surface area contributed by atoms with E-state index in [2.05, 4.69) is 4.98 Å². The van der Waals surface area contributed by atoms with E-state index in [0.29, 0.717) is 11.3 Å². The third-order valence-electron chi connectivity index (χ3n) is 3.39. The number of aromatic nitrogens is 2. The van der Waals surface area contributed by atoms with E-state index < -0.39 is 36.5 Å². The Morgan fingerprint density at radius 3 is 2.12 bits per heavy atom. The Kier molecular flexibility index (Phi) is 6.44. The van der Waals surface area contributed by atoms with E-state index in [1.807, 2.05) is 0 Å². The minimum absolute atomic E-state index is 0.0791. The molecular weight excluding hydrogens is 323 g/mol. The first kappa shape index (κ1) is 19.6. The summed E-state index contributed by atoms with van der Waals surface area (Å²) in [7, 11) is 2.79. The van der Waals surface area contributed by atoms with Crippen LogP contribution in [0.25, 0.3) is 0 Å². The summed E-state index contributed by atoms with van der Waals surface area (Å²) in [6, 6.07) is 0. The summed E-state index contributed by atoms with van der Waals surface area (Å²) in [5.41, 5.74) is -2.05. The molecule has 1 aromatic rings. The first-order valence-electron chi connectivity index (χ1n) is 7.16. The molecule has 0 aromatic carbocycles. The largest absolute Gasteiger partial charge is 0.481 e. The van der Waals surface area contributed by atoms with E-state index in [9.17, 15) is 14.4 Å². The van der Waals surface area contributed by atoms with Gasteiger partial charge in [0, 0.05) is 38.6 Å². The number of carbonyl (C=O) groups excluding carboxylic acids is 2. The summed E-state index contributed by atoms with van der Waals surface area (Å²) in [4.78, 5) is 37.6. The number of methoxy groups -OCH3 is 1. The number of hydrogen-bond acceptors (Lipinski definition) is 7. The molecule has 1 aromatic heterocycles. The number of alkyl halides is 1. The predicted octanol–water partition coefficient (Wildman–Crippen LogP) is 0.474. The number of ether oxygens (including phenoxy) is 3. The van der Waals surface area contributed by atoms with Crippen molar-refractivity contribution in [2.75, 3.05) is 20.3 Å². The second-order valence-corrected chi connectivity index (χ2v) is 5.42. The molecule has 0 amide bonds. The maximum absolute atomic E-state index is 15.2. The van der Waals surface area contributed by atoms with Gasteiger partial charge >= 0.3 is 17.6 Å². The summed E-state index contributed by atoms with van der Waals surface area (Å²) in [6.45, 7) is 2.67. The van der Waals surface area contributed by atoms with E-state index in [4.69, 9.17) is 14.2 Å². The van der Waals surface area contributed by atoms with Crippen molar-refractivity contribution in [2.24, 2.45) is 7.05 Å². The molecule has 0 N–H and O–H groups in total. The van der Waals surface area contributed by atoms with Crippen LogP contribution in [-0.4, -0.2) is 47.5 Å². The number of halogens is 1. The van der Waals surface area contributed by atoms with E-state index in [0.717, 1.165) is 13.8 Å². The van der Waals surface area contributed by atoms with Gasteiger partial charge in [-0.05, 0) is 6.92 Å². The highest BCUT2D eigenvalue weighted by molar-refractivity contribution is 5.66. The van der Waals surface area contributed by atoms with Crippen molar-refractivity contribution in [2.45, 2.75) is 32.9 Å². The molecule has 0 unspecified atom stereocenters. The SMILES string of the molecule is COc1nc(=O)n(C)c(CC(F)(COC(C)=O)COC(C)=O)c1C. The molecule has 0 aliphatic carbocycles. The number of hydrogen-bond donors (Lipinski definition) is 0. The summed E-state index contributed by atoms with van der Waals surface area (Å²) in [5, 5.41) is 0. The second kappa shape index (κ2) is 7.89. The number of rotatable bonds is 7. The Balaban J connectivity index is 3.22. The minimum Gasteiger partial charge on any atom is -0.481 e. The molecule has 0 atom stereocenters. The van der Waals surface area contributed by atoms with Crippen molar-refractivity contribution in [3.63, 3.8) is 0 Å². The Morgan fingerprint density at radius 1 is 1.21 bits per heavy atom.